The Morgan fingerprint density at radius 1 is 1.03 bits per heavy atom. The topological polar surface area (TPSA) is 209 Å². The van der Waals surface area contributed by atoms with E-state index in [0.717, 1.165) is 16.5 Å². The fourth-order valence-electron chi connectivity index (χ4n) is 3.48. The molecule has 12 heteroatoms. The summed E-state index contributed by atoms with van der Waals surface area (Å²) in [5, 5.41) is 16.8. The first-order valence-electron chi connectivity index (χ1n) is 11.2. The summed E-state index contributed by atoms with van der Waals surface area (Å²) in [5.41, 5.74) is 12.8. The predicted octanol–water partition coefficient (Wildman–Crippen LogP) is -0.870. The zero-order chi connectivity index (χ0) is 26.1. The largest absolute Gasteiger partial charge is 0.480 e. The monoisotopic (exact) mass is 488 g/mol. The van der Waals surface area contributed by atoms with E-state index < -0.39 is 60.7 Å². The van der Waals surface area contributed by atoms with Crippen LogP contribution in [0.3, 0.4) is 0 Å². The van der Waals surface area contributed by atoms with Gasteiger partial charge in [-0.15, -0.1) is 0 Å². The van der Waals surface area contributed by atoms with Gasteiger partial charge in [-0.3, -0.25) is 24.0 Å². The van der Waals surface area contributed by atoms with Crippen molar-refractivity contribution in [1.82, 2.24) is 20.9 Å². The summed E-state index contributed by atoms with van der Waals surface area (Å²) in [6, 6.07) is 3.98. The molecule has 2 rings (SSSR count). The number of aromatic amines is 1. The molecule has 9 N–H and O–H groups in total. The molecule has 4 amide bonds. The molecule has 0 spiro atoms. The molecule has 0 aliphatic rings. The number of nitrogens with two attached hydrogens (primary N) is 2. The number of carbonyl (C=O) groups excluding carboxylic acids is 4. The Balaban J connectivity index is 2.29. The van der Waals surface area contributed by atoms with Crippen LogP contribution in [0.2, 0.25) is 0 Å². The van der Waals surface area contributed by atoms with Crippen molar-refractivity contribution < 1.29 is 29.1 Å². The number of fused-ring (bicyclic) bond motifs is 1. The lowest BCUT2D eigenvalue weighted by Crippen LogP contribution is -2.57. The second kappa shape index (κ2) is 12.5. The smallest absolute Gasteiger partial charge is 0.322 e. The van der Waals surface area contributed by atoms with Crippen molar-refractivity contribution in [3.8, 4) is 0 Å². The first-order chi connectivity index (χ1) is 16.5. The number of para-hydroxylation sites is 1. The number of rotatable bonds is 13. The Morgan fingerprint density at radius 2 is 1.69 bits per heavy atom. The van der Waals surface area contributed by atoms with Gasteiger partial charge >= 0.3 is 5.97 Å². The maximum Gasteiger partial charge on any atom is 0.322 e. The van der Waals surface area contributed by atoms with Crippen molar-refractivity contribution in [3.05, 3.63) is 36.0 Å². The maximum atomic E-state index is 13.2. The number of carbonyl (C=O) groups is 5. The maximum absolute atomic E-state index is 13.2. The number of H-pyrrole nitrogens is 1. The highest BCUT2D eigenvalue weighted by molar-refractivity contribution is 5.96. The molecule has 4 unspecified atom stereocenters. The van der Waals surface area contributed by atoms with Gasteiger partial charge in [-0.05, 0) is 17.5 Å². The predicted molar refractivity (Wildman–Crippen MR) is 128 cm³/mol. The Hall–Kier alpha value is -3.93. The number of nitrogens with one attached hydrogen (secondary N) is 4. The highest BCUT2D eigenvalue weighted by atomic mass is 16.4. The molecule has 1 heterocycles. The van der Waals surface area contributed by atoms with E-state index in [1.807, 2.05) is 38.1 Å². The van der Waals surface area contributed by atoms with E-state index >= 15 is 0 Å². The Kier molecular flexibility index (Phi) is 9.76. The second-order valence-corrected chi connectivity index (χ2v) is 8.38. The van der Waals surface area contributed by atoms with Crippen molar-refractivity contribution in [3.63, 3.8) is 0 Å². The van der Waals surface area contributed by atoms with Crippen molar-refractivity contribution in [1.29, 1.82) is 0 Å². The molecule has 0 saturated carbocycles. The highest BCUT2D eigenvalue weighted by Gasteiger charge is 2.30. The van der Waals surface area contributed by atoms with E-state index in [0.29, 0.717) is 6.42 Å². The molecule has 0 bridgehead atoms. The van der Waals surface area contributed by atoms with Crippen LogP contribution < -0.4 is 27.4 Å². The summed E-state index contributed by atoms with van der Waals surface area (Å²) in [6.45, 7) is 3.00. The molecule has 0 fully saturated rings. The summed E-state index contributed by atoms with van der Waals surface area (Å²) in [5.74, 6) is -4.51. The van der Waals surface area contributed by atoms with Gasteiger partial charge in [0.05, 0.1) is 12.5 Å². The summed E-state index contributed by atoms with van der Waals surface area (Å²) in [4.78, 5) is 63.7. The van der Waals surface area contributed by atoms with Crippen LogP contribution in [0.1, 0.15) is 32.3 Å². The van der Waals surface area contributed by atoms with Crippen LogP contribution in [0, 0.1) is 5.92 Å². The van der Waals surface area contributed by atoms with Crippen LogP contribution in [-0.2, 0) is 30.4 Å². The minimum absolute atomic E-state index is 0.0643. The minimum Gasteiger partial charge on any atom is -0.480 e. The zero-order valence-corrected chi connectivity index (χ0v) is 19.7. The van der Waals surface area contributed by atoms with Gasteiger partial charge in [0.2, 0.25) is 23.6 Å². The van der Waals surface area contributed by atoms with E-state index in [2.05, 4.69) is 20.9 Å². The van der Waals surface area contributed by atoms with Crippen LogP contribution in [0.15, 0.2) is 30.5 Å². The summed E-state index contributed by atoms with van der Waals surface area (Å²) >= 11 is 0. The number of carboxylic acid groups (broad SMARTS) is 1. The van der Waals surface area contributed by atoms with E-state index in [4.69, 9.17) is 16.6 Å². The lowest BCUT2D eigenvalue weighted by molar-refractivity contribution is -0.138. The third kappa shape index (κ3) is 7.81. The molecular formula is C23H32N6O6. The third-order valence-corrected chi connectivity index (χ3v) is 5.74. The molecule has 1 aromatic heterocycles. The van der Waals surface area contributed by atoms with Crippen LogP contribution >= 0.6 is 0 Å². The van der Waals surface area contributed by atoms with Crippen LogP contribution in [0.25, 0.3) is 10.9 Å². The van der Waals surface area contributed by atoms with Gasteiger partial charge in [-0.2, -0.15) is 0 Å². The Bertz CT molecular complexity index is 1080. The zero-order valence-electron chi connectivity index (χ0n) is 19.7. The molecule has 0 aliphatic carbocycles. The van der Waals surface area contributed by atoms with Gasteiger partial charge in [0.15, 0.2) is 0 Å². The average molecular weight is 489 g/mol. The molecule has 0 aliphatic heterocycles. The van der Waals surface area contributed by atoms with E-state index in [1.54, 1.807) is 6.20 Å². The minimum atomic E-state index is -1.43. The van der Waals surface area contributed by atoms with Crippen molar-refractivity contribution in [2.24, 2.45) is 17.4 Å². The van der Waals surface area contributed by atoms with Crippen molar-refractivity contribution >= 4 is 40.5 Å². The van der Waals surface area contributed by atoms with Gasteiger partial charge in [0, 0.05) is 23.5 Å². The molecular weight excluding hydrogens is 456 g/mol. The van der Waals surface area contributed by atoms with Crippen molar-refractivity contribution in [2.45, 2.75) is 51.2 Å². The first kappa shape index (κ1) is 27.3. The average Bonchev–Trinajstić information content (AvgIpc) is 3.22. The SMILES string of the molecule is CCC(C)C(N)C(=O)NC(Cc1c[nH]c2ccccc12)C(=O)NC(CC(N)=O)C(=O)NCC(=O)O. The van der Waals surface area contributed by atoms with E-state index in [-0.39, 0.29) is 12.3 Å². The number of hydrogen-bond acceptors (Lipinski definition) is 6. The van der Waals surface area contributed by atoms with Crippen LogP contribution in [0.4, 0.5) is 0 Å². The van der Waals surface area contributed by atoms with Gasteiger partial charge in [-0.25, -0.2) is 0 Å². The quantitative estimate of drug-likeness (QED) is 0.189. The summed E-state index contributed by atoms with van der Waals surface area (Å²) in [7, 11) is 0. The highest BCUT2D eigenvalue weighted by Crippen LogP contribution is 2.19. The molecule has 2 aromatic rings. The summed E-state index contributed by atoms with van der Waals surface area (Å²) in [6.07, 6.45) is 1.87. The lowest BCUT2D eigenvalue weighted by Gasteiger charge is -2.25. The normalized spacial score (nSPS) is 14.4. The molecule has 1 aromatic carbocycles. The standard InChI is InChI=1S/C23H32N6O6/c1-3-12(2)20(25)23(35)29-16(8-13-10-26-15-7-5-4-6-14(13)15)22(34)28-17(9-18(24)30)21(33)27-11-19(31)32/h4-7,10,12,16-17,20,26H,3,8-9,11,25H2,1-2H3,(H2,24,30)(H,27,33)(H,28,34)(H,29,35)(H,31,32). The van der Waals surface area contributed by atoms with Gasteiger partial charge < -0.3 is 37.5 Å². The Morgan fingerprint density at radius 3 is 2.31 bits per heavy atom. The van der Waals surface area contributed by atoms with Crippen LogP contribution in [-0.4, -0.2) is 64.4 Å². The second-order valence-electron chi connectivity index (χ2n) is 8.38. The van der Waals surface area contributed by atoms with E-state index in [9.17, 15) is 24.0 Å². The molecule has 35 heavy (non-hydrogen) atoms. The van der Waals surface area contributed by atoms with Crippen LogP contribution in [0.5, 0.6) is 0 Å². The molecule has 4 atom stereocenters. The Labute approximate surface area is 202 Å². The number of carboxylic acids is 1. The number of primary amides is 1. The molecule has 0 radical (unpaired) electrons. The first-order valence-corrected chi connectivity index (χ1v) is 11.2. The summed E-state index contributed by atoms with van der Waals surface area (Å²) < 4.78 is 0. The van der Waals surface area contributed by atoms with Gasteiger partial charge in [0.25, 0.3) is 0 Å². The molecule has 0 saturated heterocycles. The van der Waals surface area contributed by atoms with E-state index in [1.165, 1.54) is 0 Å². The number of aliphatic carboxylic acids is 1. The number of aromatic nitrogens is 1. The number of hydrogen-bond donors (Lipinski definition) is 7. The van der Waals surface area contributed by atoms with Gasteiger partial charge in [-0.1, -0.05) is 38.5 Å². The molecule has 190 valence electrons. The van der Waals surface area contributed by atoms with Crippen molar-refractivity contribution in [2.75, 3.05) is 6.54 Å². The number of amides is 4. The third-order valence-electron chi connectivity index (χ3n) is 5.74. The number of benzene rings is 1. The fourth-order valence-corrected chi connectivity index (χ4v) is 3.48. The lowest BCUT2D eigenvalue weighted by atomic mass is 9.98. The fraction of sp³-hybridized carbons (Fsp3) is 0.435. The molecule has 12 nitrogen and oxygen atoms in total. The van der Waals surface area contributed by atoms with Gasteiger partial charge in [0.1, 0.15) is 18.6 Å².